The van der Waals surface area contributed by atoms with Crippen molar-refractivity contribution in [3.05, 3.63) is 89.4 Å². The van der Waals surface area contributed by atoms with Gasteiger partial charge in [-0.2, -0.15) is 0 Å². The van der Waals surface area contributed by atoms with Crippen molar-refractivity contribution >= 4 is 11.5 Å². The molecule has 0 radical (unpaired) electrons. The predicted molar refractivity (Wildman–Crippen MR) is 104 cm³/mol. The Labute approximate surface area is 152 Å². The number of pyridine rings is 1. The van der Waals surface area contributed by atoms with Gasteiger partial charge in [-0.3, -0.25) is 4.40 Å². The van der Waals surface area contributed by atoms with Gasteiger partial charge in [-0.05, 0) is 49.2 Å². The lowest BCUT2D eigenvalue weighted by molar-refractivity contribution is 0.628. The van der Waals surface area contributed by atoms with Crippen LogP contribution in [-0.2, 0) is 6.54 Å². The van der Waals surface area contributed by atoms with Gasteiger partial charge in [-0.1, -0.05) is 42.5 Å². The van der Waals surface area contributed by atoms with E-state index in [0.29, 0.717) is 6.54 Å². The minimum atomic E-state index is -0.263. The maximum absolute atomic E-state index is 13.8. The van der Waals surface area contributed by atoms with Crippen molar-refractivity contribution in [1.82, 2.24) is 9.38 Å². The molecule has 0 amide bonds. The first-order valence-corrected chi connectivity index (χ1v) is 8.65. The third-order valence-electron chi connectivity index (χ3n) is 4.45. The van der Waals surface area contributed by atoms with Gasteiger partial charge in [0.15, 0.2) is 0 Å². The molecule has 26 heavy (non-hydrogen) atoms. The van der Waals surface area contributed by atoms with Crippen LogP contribution in [0.2, 0.25) is 0 Å². The summed E-state index contributed by atoms with van der Waals surface area (Å²) in [6, 6.07) is 21.0. The van der Waals surface area contributed by atoms with Gasteiger partial charge < -0.3 is 5.32 Å². The number of hydrogen-bond donors (Lipinski definition) is 1. The summed E-state index contributed by atoms with van der Waals surface area (Å²) < 4.78 is 15.9. The number of halogens is 1. The molecule has 4 rings (SSSR count). The molecular weight excluding hydrogens is 325 g/mol. The smallest absolute Gasteiger partial charge is 0.139 e. The third-order valence-corrected chi connectivity index (χ3v) is 4.45. The van der Waals surface area contributed by atoms with Gasteiger partial charge in [0.05, 0.1) is 0 Å². The molecule has 0 bridgehead atoms. The number of rotatable bonds is 4. The maximum Gasteiger partial charge on any atom is 0.139 e. The highest BCUT2D eigenvalue weighted by atomic mass is 19.1. The van der Waals surface area contributed by atoms with Crippen molar-refractivity contribution in [3.63, 3.8) is 0 Å². The molecule has 2 aromatic heterocycles. The van der Waals surface area contributed by atoms with E-state index in [9.17, 15) is 4.39 Å². The Bertz CT molecular complexity index is 1070. The van der Waals surface area contributed by atoms with Crippen LogP contribution in [0.15, 0.2) is 66.7 Å². The number of benzene rings is 2. The molecule has 0 atom stereocenters. The number of fused-ring (bicyclic) bond motifs is 1. The Morgan fingerprint density at radius 3 is 2.54 bits per heavy atom. The van der Waals surface area contributed by atoms with Gasteiger partial charge in [-0.15, -0.1) is 0 Å². The van der Waals surface area contributed by atoms with Crippen LogP contribution in [0.3, 0.4) is 0 Å². The Morgan fingerprint density at radius 1 is 0.962 bits per heavy atom. The SMILES string of the molecule is Cc1cc(C)n2c(NCc3ccccc3)c(-c3cccc(F)c3)nc2c1. The summed E-state index contributed by atoms with van der Waals surface area (Å²) in [6.07, 6.45) is 0. The van der Waals surface area contributed by atoms with E-state index < -0.39 is 0 Å². The Hall–Kier alpha value is -3.14. The third kappa shape index (κ3) is 3.06. The first-order valence-electron chi connectivity index (χ1n) is 8.65. The number of hydrogen-bond acceptors (Lipinski definition) is 2. The zero-order valence-corrected chi connectivity index (χ0v) is 14.8. The molecule has 0 aliphatic carbocycles. The molecule has 0 fully saturated rings. The second-order valence-corrected chi connectivity index (χ2v) is 6.53. The summed E-state index contributed by atoms with van der Waals surface area (Å²) in [7, 11) is 0. The first-order chi connectivity index (χ1) is 12.6. The number of imidazole rings is 1. The Kier molecular flexibility index (Phi) is 4.17. The van der Waals surface area contributed by atoms with Crippen molar-refractivity contribution in [2.75, 3.05) is 5.32 Å². The van der Waals surface area contributed by atoms with Crippen LogP contribution in [-0.4, -0.2) is 9.38 Å². The lowest BCUT2D eigenvalue weighted by atomic mass is 10.1. The molecule has 4 heteroatoms. The van der Waals surface area contributed by atoms with Crippen LogP contribution in [0.5, 0.6) is 0 Å². The highest BCUT2D eigenvalue weighted by molar-refractivity contribution is 5.77. The molecule has 0 unspecified atom stereocenters. The maximum atomic E-state index is 13.8. The summed E-state index contributed by atoms with van der Waals surface area (Å²) >= 11 is 0. The van der Waals surface area contributed by atoms with Gasteiger partial charge in [0.25, 0.3) is 0 Å². The zero-order chi connectivity index (χ0) is 18.1. The molecule has 0 aliphatic rings. The summed E-state index contributed by atoms with van der Waals surface area (Å²) in [5, 5.41) is 3.51. The fraction of sp³-hybridized carbons (Fsp3) is 0.136. The average Bonchev–Trinajstić information content (AvgIpc) is 2.99. The van der Waals surface area contributed by atoms with Gasteiger partial charge in [0.1, 0.15) is 23.0 Å². The Balaban J connectivity index is 1.85. The second kappa shape index (κ2) is 6.64. The number of anilines is 1. The van der Waals surface area contributed by atoms with Crippen LogP contribution in [0.25, 0.3) is 16.9 Å². The van der Waals surface area contributed by atoms with Gasteiger partial charge in [0, 0.05) is 17.8 Å². The molecule has 4 aromatic rings. The van der Waals surface area contributed by atoms with E-state index in [1.807, 2.05) is 30.3 Å². The number of aryl methyl sites for hydroxylation is 2. The molecule has 0 aliphatic heterocycles. The minimum absolute atomic E-state index is 0.263. The van der Waals surface area contributed by atoms with Crippen molar-refractivity contribution in [2.24, 2.45) is 0 Å². The van der Waals surface area contributed by atoms with Crippen molar-refractivity contribution < 1.29 is 4.39 Å². The largest absolute Gasteiger partial charge is 0.365 e. The van der Waals surface area contributed by atoms with Crippen LogP contribution in [0.4, 0.5) is 10.2 Å². The highest BCUT2D eigenvalue weighted by Gasteiger charge is 2.16. The van der Waals surface area contributed by atoms with Crippen molar-refractivity contribution in [3.8, 4) is 11.3 Å². The highest BCUT2D eigenvalue weighted by Crippen LogP contribution is 2.31. The zero-order valence-electron chi connectivity index (χ0n) is 14.8. The van der Waals surface area contributed by atoms with E-state index in [2.05, 4.69) is 41.8 Å². The average molecular weight is 345 g/mol. The van der Waals surface area contributed by atoms with Crippen LogP contribution in [0, 0.1) is 19.7 Å². The Morgan fingerprint density at radius 2 is 1.77 bits per heavy atom. The fourth-order valence-electron chi connectivity index (χ4n) is 3.31. The normalized spacial score (nSPS) is 11.0. The summed E-state index contributed by atoms with van der Waals surface area (Å²) in [5.74, 6) is 0.619. The van der Waals surface area contributed by atoms with E-state index in [0.717, 1.165) is 34.0 Å². The predicted octanol–water partition coefficient (Wildman–Crippen LogP) is 5.37. The molecule has 0 saturated carbocycles. The van der Waals surface area contributed by atoms with Crippen molar-refractivity contribution in [1.29, 1.82) is 0 Å². The van der Waals surface area contributed by atoms with E-state index in [1.165, 1.54) is 17.7 Å². The van der Waals surface area contributed by atoms with Gasteiger partial charge in [-0.25, -0.2) is 9.37 Å². The molecular formula is C22H20FN3. The monoisotopic (exact) mass is 345 g/mol. The van der Waals surface area contributed by atoms with Crippen LogP contribution < -0.4 is 5.32 Å². The summed E-state index contributed by atoms with van der Waals surface area (Å²) in [6.45, 7) is 4.79. The minimum Gasteiger partial charge on any atom is -0.365 e. The lowest BCUT2D eigenvalue weighted by Crippen LogP contribution is -2.05. The number of aromatic nitrogens is 2. The molecule has 2 aromatic carbocycles. The molecule has 3 nitrogen and oxygen atoms in total. The van der Waals surface area contributed by atoms with Crippen LogP contribution >= 0.6 is 0 Å². The second-order valence-electron chi connectivity index (χ2n) is 6.53. The lowest BCUT2D eigenvalue weighted by Gasteiger charge is -2.11. The molecule has 0 spiro atoms. The topological polar surface area (TPSA) is 29.3 Å². The molecule has 1 N–H and O–H groups in total. The quantitative estimate of drug-likeness (QED) is 0.539. The molecule has 2 heterocycles. The first kappa shape index (κ1) is 16.3. The fourth-order valence-corrected chi connectivity index (χ4v) is 3.31. The van der Waals surface area contributed by atoms with Gasteiger partial charge in [0.2, 0.25) is 0 Å². The number of nitrogens with zero attached hydrogens (tertiary/aromatic N) is 2. The van der Waals surface area contributed by atoms with E-state index >= 15 is 0 Å². The van der Waals surface area contributed by atoms with Crippen molar-refractivity contribution in [2.45, 2.75) is 20.4 Å². The van der Waals surface area contributed by atoms with Crippen LogP contribution in [0.1, 0.15) is 16.8 Å². The molecule has 130 valence electrons. The standard InChI is InChI=1S/C22H20FN3/c1-15-11-16(2)26-20(12-15)25-21(18-9-6-10-19(23)13-18)22(26)24-14-17-7-4-3-5-8-17/h3-13,24H,14H2,1-2H3. The van der Waals surface area contributed by atoms with E-state index in [-0.39, 0.29) is 5.82 Å². The number of nitrogens with one attached hydrogen (secondary N) is 1. The van der Waals surface area contributed by atoms with Gasteiger partial charge >= 0.3 is 0 Å². The summed E-state index contributed by atoms with van der Waals surface area (Å²) in [4.78, 5) is 4.79. The van der Waals surface area contributed by atoms with E-state index in [1.54, 1.807) is 6.07 Å². The molecule has 0 saturated heterocycles. The summed E-state index contributed by atoms with van der Waals surface area (Å²) in [5.41, 5.74) is 5.80. The van der Waals surface area contributed by atoms with E-state index in [4.69, 9.17) is 4.98 Å².